The van der Waals surface area contributed by atoms with Gasteiger partial charge in [-0.25, -0.2) is 31.6 Å². The molecule has 0 radical (unpaired) electrons. The molecule has 53 heavy (non-hydrogen) atoms. The first-order chi connectivity index (χ1) is 25.2. The Morgan fingerprint density at radius 2 is 1.77 bits per heavy atom. The molecule has 7 aromatic rings. The number of nitrogens with zero attached hydrogens (tertiary/aromatic N) is 6. The minimum absolute atomic E-state index is 0.0517. The van der Waals surface area contributed by atoms with Crippen molar-refractivity contribution in [3.8, 4) is 28.7 Å². The summed E-state index contributed by atoms with van der Waals surface area (Å²) in [4.78, 5) is 25.4. The van der Waals surface area contributed by atoms with Crippen molar-refractivity contribution >= 4 is 60.0 Å². The van der Waals surface area contributed by atoms with Crippen molar-refractivity contribution in [2.24, 2.45) is 5.41 Å². The fraction of sp³-hybridized carbons (Fsp3) is 0.211. The number of benzene rings is 3. The number of pyridine rings is 1. The third-order valence-electron chi connectivity index (χ3n) is 9.75. The van der Waals surface area contributed by atoms with Gasteiger partial charge in [0.05, 0.1) is 63.3 Å². The number of carbonyl (C=O) groups excluding carboxylic acids is 1. The van der Waals surface area contributed by atoms with E-state index in [0.29, 0.717) is 59.0 Å². The maximum atomic E-state index is 15.2. The number of nitriles is 1. The lowest BCUT2D eigenvalue weighted by Crippen LogP contribution is -2.53. The number of halogens is 3. The fourth-order valence-corrected chi connectivity index (χ4v) is 7.64. The Morgan fingerprint density at radius 1 is 1.00 bits per heavy atom. The van der Waals surface area contributed by atoms with Gasteiger partial charge in [-0.2, -0.15) is 5.26 Å². The van der Waals surface area contributed by atoms with E-state index in [-0.39, 0.29) is 44.8 Å². The van der Waals surface area contributed by atoms with Gasteiger partial charge in [0, 0.05) is 55.7 Å². The summed E-state index contributed by atoms with van der Waals surface area (Å²) >= 11 is 0. The summed E-state index contributed by atoms with van der Waals surface area (Å²) in [6, 6.07) is 18.0. The van der Waals surface area contributed by atoms with Crippen LogP contribution in [0.4, 0.5) is 18.9 Å². The molecule has 8 rings (SSSR count). The van der Waals surface area contributed by atoms with Crippen LogP contribution >= 0.6 is 0 Å². The molecule has 0 aliphatic carbocycles. The number of hydrogen-bond donors (Lipinski definition) is 1. The molecule has 0 atom stereocenters. The molecule has 268 valence electrons. The highest BCUT2D eigenvalue weighted by molar-refractivity contribution is 7.92. The lowest BCUT2D eigenvalue weighted by molar-refractivity contribution is 0.0504. The van der Waals surface area contributed by atoms with Crippen LogP contribution in [-0.4, -0.2) is 67.0 Å². The predicted molar refractivity (Wildman–Crippen MR) is 194 cm³/mol. The molecule has 1 amide bonds. The number of sulfonamides is 1. The van der Waals surface area contributed by atoms with Gasteiger partial charge in [-0.1, -0.05) is 6.07 Å². The van der Waals surface area contributed by atoms with Crippen molar-refractivity contribution in [2.75, 3.05) is 37.7 Å². The molecule has 5 heterocycles. The van der Waals surface area contributed by atoms with Crippen LogP contribution in [-0.2, 0) is 16.6 Å². The number of nitrogens with one attached hydrogen (secondary N) is 1. The lowest BCUT2D eigenvalue weighted by Gasteiger charge is -2.43. The standard InChI is InChI=1S/C38H30F3N7O4S/c1-38(17-42)18-47(19-38)16-33-44-28-11-10-27(45-35(28)31-14-22-25(40)6-5-7-29(22)48(31)33)23-13-24-32(15-30(23)46(3)53(4,50)51)52-36(34(24)37(49)43-2)21-9-8-20(39)12-26(21)41/h5-15H,16,18-19H2,1-4H3,(H,43,49). The van der Waals surface area contributed by atoms with E-state index in [1.54, 1.807) is 36.4 Å². The first-order valence-corrected chi connectivity index (χ1v) is 18.3. The number of carbonyl (C=O) groups is 1. The maximum absolute atomic E-state index is 15.2. The first-order valence-electron chi connectivity index (χ1n) is 16.4. The van der Waals surface area contributed by atoms with E-state index < -0.39 is 38.8 Å². The molecule has 1 N–H and O–H groups in total. The van der Waals surface area contributed by atoms with Crippen molar-refractivity contribution < 1.29 is 30.8 Å². The number of anilines is 1. The number of furan rings is 1. The Kier molecular flexibility index (Phi) is 7.75. The molecule has 0 saturated carbocycles. The molecule has 1 saturated heterocycles. The average molecular weight is 738 g/mol. The third-order valence-corrected chi connectivity index (χ3v) is 10.9. The minimum atomic E-state index is -3.87. The number of amides is 1. The Labute approximate surface area is 300 Å². The minimum Gasteiger partial charge on any atom is -0.455 e. The molecule has 0 unspecified atom stereocenters. The van der Waals surface area contributed by atoms with E-state index in [1.807, 2.05) is 11.3 Å². The second-order valence-corrected chi connectivity index (χ2v) is 15.6. The van der Waals surface area contributed by atoms with Crippen LogP contribution in [0.15, 0.2) is 71.1 Å². The summed E-state index contributed by atoms with van der Waals surface area (Å²) in [5.41, 5.74) is 2.11. The van der Waals surface area contributed by atoms with Gasteiger partial charge in [-0.3, -0.25) is 18.4 Å². The van der Waals surface area contributed by atoms with E-state index in [0.717, 1.165) is 22.7 Å². The van der Waals surface area contributed by atoms with E-state index in [2.05, 4.69) is 16.3 Å². The monoisotopic (exact) mass is 737 g/mol. The fourth-order valence-electron chi connectivity index (χ4n) is 7.14. The Hall–Kier alpha value is -5.98. The van der Waals surface area contributed by atoms with E-state index >= 15 is 8.78 Å². The van der Waals surface area contributed by atoms with Crippen LogP contribution in [0.5, 0.6) is 0 Å². The highest BCUT2D eigenvalue weighted by atomic mass is 32.2. The first kappa shape index (κ1) is 34.1. The highest BCUT2D eigenvalue weighted by Gasteiger charge is 2.39. The average Bonchev–Trinajstić information content (AvgIpc) is 3.69. The second-order valence-electron chi connectivity index (χ2n) is 13.6. The van der Waals surface area contributed by atoms with Crippen LogP contribution in [0.1, 0.15) is 23.1 Å². The number of hydrogen-bond acceptors (Lipinski definition) is 8. The summed E-state index contributed by atoms with van der Waals surface area (Å²) < 4.78 is 79.0. The number of fused-ring (bicyclic) bond motifs is 6. The molecule has 0 bridgehead atoms. The van der Waals surface area contributed by atoms with Gasteiger partial charge >= 0.3 is 0 Å². The quantitative estimate of drug-likeness (QED) is 0.193. The smallest absolute Gasteiger partial charge is 0.255 e. The van der Waals surface area contributed by atoms with Crippen molar-refractivity contribution in [3.63, 3.8) is 0 Å². The van der Waals surface area contributed by atoms with Gasteiger partial charge in [0.15, 0.2) is 5.76 Å². The van der Waals surface area contributed by atoms with Crippen LogP contribution in [0.25, 0.3) is 61.0 Å². The van der Waals surface area contributed by atoms with E-state index in [4.69, 9.17) is 14.4 Å². The highest BCUT2D eigenvalue weighted by Crippen LogP contribution is 2.42. The van der Waals surface area contributed by atoms with Gasteiger partial charge in [-0.15, -0.1) is 0 Å². The zero-order chi connectivity index (χ0) is 37.6. The molecule has 1 aliphatic heterocycles. The van der Waals surface area contributed by atoms with Crippen LogP contribution < -0.4 is 9.62 Å². The zero-order valence-electron chi connectivity index (χ0n) is 28.8. The molecule has 1 aliphatic rings. The summed E-state index contributed by atoms with van der Waals surface area (Å²) in [6.07, 6.45) is 1.03. The number of aromatic nitrogens is 3. The zero-order valence-corrected chi connectivity index (χ0v) is 29.6. The SMILES string of the molecule is CNC(=O)c1c(-c2ccc(F)cc2F)oc2cc(N(C)S(C)(=O)=O)c(-c3ccc4nc(CN5CC(C)(C#N)C5)n5c6cccc(F)c6cc5c4n3)cc12. The molecule has 0 spiro atoms. The van der Waals surface area contributed by atoms with E-state index in [1.165, 1.54) is 26.2 Å². The van der Waals surface area contributed by atoms with Crippen molar-refractivity contribution in [1.29, 1.82) is 5.26 Å². The van der Waals surface area contributed by atoms with Crippen LogP contribution in [0.3, 0.4) is 0 Å². The van der Waals surface area contributed by atoms with Crippen molar-refractivity contribution in [1.82, 2.24) is 24.6 Å². The molecular weight excluding hydrogens is 708 g/mol. The molecule has 15 heteroatoms. The van der Waals surface area contributed by atoms with E-state index in [9.17, 15) is 22.9 Å². The van der Waals surface area contributed by atoms with Crippen molar-refractivity contribution in [3.05, 3.63) is 95.6 Å². The van der Waals surface area contributed by atoms with Gasteiger partial charge in [0.2, 0.25) is 10.0 Å². The summed E-state index contributed by atoms with van der Waals surface area (Å²) in [5.74, 6) is -2.38. The molecule has 1 fully saturated rings. The topological polar surface area (TPSA) is 137 Å². The molecular formula is C38H30F3N7O4S. The summed E-state index contributed by atoms with van der Waals surface area (Å²) in [6.45, 7) is 3.40. The lowest BCUT2D eigenvalue weighted by atomic mass is 9.84. The molecule has 3 aromatic carbocycles. The van der Waals surface area contributed by atoms with Crippen LogP contribution in [0.2, 0.25) is 0 Å². The predicted octanol–water partition coefficient (Wildman–Crippen LogP) is 6.63. The molecule has 11 nitrogen and oxygen atoms in total. The molecule has 4 aromatic heterocycles. The van der Waals surface area contributed by atoms with Crippen LogP contribution in [0, 0.1) is 34.2 Å². The summed E-state index contributed by atoms with van der Waals surface area (Å²) in [5, 5.41) is 12.7. The van der Waals surface area contributed by atoms with Gasteiger partial charge < -0.3 is 9.73 Å². The second kappa shape index (κ2) is 12.0. The van der Waals surface area contributed by atoms with Crippen molar-refractivity contribution in [2.45, 2.75) is 13.5 Å². The van der Waals surface area contributed by atoms with Gasteiger partial charge in [-0.05, 0) is 55.5 Å². The Balaban J connectivity index is 1.38. The number of rotatable bonds is 7. The third kappa shape index (κ3) is 5.53. The normalized spacial score (nSPS) is 14.5. The maximum Gasteiger partial charge on any atom is 0.255 e. The summed E-state index contributed by atoms with van der Waals surface area (Å²) in [7, 11) is -1.12. The van der Waals surface area contributed by atoms with Gasteiger partial charge in [0.25, 0.3) is 5.91 Å². The largest absolute Gasteiger partial charge is 0.455 e. The van der Waals surface area contributed by atoms with Gasteiger partial charge in [0.1, 0.15) is 34.4 Å². The Morgan fingerprint density at radius 3 is 2.47 bits per heavy atom. The number of likely N-dealkylation sites (tertiary alicyclic amines) is 1. The Bertz CT molecular complexity index is 2860.